The van der Waals surface area contributed by atoms with Gasteiger partial charge in [-0.2, -0.15) is 5.10 Å². The van der Waals surface area contributed by atoms with E-state index in [1.807, 2.05) is 24.3 Å². The van der Waals surface area contributed by atoms with Gasteiger partial charge < -0.3 is 9.47 Å². The van der Waals surface area contributed by atoms with Crippen LogP contribution in [-0.4, -0.2) is 54.7 Å². The number of methoxy groups -OCH3 is 2. The van der Waals surface area contributed by atoms with Gasteiger partial charge in [-0.05, 0) is 29.8 Å². The van der Waals surface area contributed by atoms with E-state index in [2.05, 4.69) is 14.9 Å². The quantitative estimate of drug-likeness (QED) is 0.463. The number of rotatable bonds is 5. The molecule has 1 aromatic rings. The average molecular weight is 335 g/mol. The molecule has 0 N–H and O–H groups in total. The number of amidine groups is 1. The zero-order chi connectivity index (χ0) is 16.8. The first kappa shape index (κ1) is 17.0. The molecule has 0 aromatic heterocycles. The Bertz CT molecular complexity index is 643. The SMILES string of the molecule is COC(=O)CC1S/C(=N/N=C/c2ccc(OC)cc2)N(C)C1=O. The molecule has 1 aliphatic rings. The van der Waals surface area contributed by atoms with Gasteiger partial charge in [-0.15, -0.1) is 5.10 Å². The van der Waals surface area contributed by atoms with Gasteiger partial charge in [0.15, 0.2) is 5.17 Å². The second-order valence-corrected chi connectivity index (χ2v) is 5.85. The van der Waals surface area contributed by atoms with Crippen molar-refractivity contribution in [3.63, 3.8) is 0 Å². The van der Waals surface area contributed by atoms with Crippen LogP contribution in [0.25, 0.3) is 0 Å². The van der Waals surface area contributed by atoms with E-state index in [4.69, 9.17) is 4.74 Å². The molecule has 0 saturated carbocycles. The molecule has 7 nitrogen and oxygen atoms in total. The lowest BCUT2D eigenvalue weighted by molar-refractivity contribution is -0.142. The maximum atomic E-state index is 12.0. The number of hydrogen-bond donors (Lipinski definition) is 0. The Labute approximate surface area is 138 Å². The van der Waals surface area contributed by atoms with E-state index in [9.17, 15) is 9.59 Å². The van der Waals surface area contributed by atoms with Crippen LogP contribution in [0.2, 0.25) is 0 Å². The Morgan fingerprint density at radius 2 is 2.04 bits per heavy atom. The minimum atomic E-state index is -0.512. The maximum absolute atomic E-state index is 12.0. The number of nitrogens with zero attached hydrogens (tertiary/aromatic N) is 3. The molecule has 23 heavy (non-hydrogen) atoms. The van der Waals surface area contributed by atoms with Crippen molar-refractivity contribution < 1.29 is 19.1 Å². The first-order valence-electron chi connectivity index (χ1n) is 6.81. The van der Waals surface area contributed by atoms with Gasteiger partial charge in [-0.1, -0.05) is 11.8 Å². The van der Waals surface area contributed by atoms with Gasteiger partial charge in [-0.25, -0.2) is 0 Å². The summed E-state index contributed by atoms with van der Waals surface area (Å²) < 4.78 is 9.66. The van der Waals surface area contributed by atoms with Crippen molar-refractivity contribution in [1.29, 1.82) is 0 Å². The topological polar surface area (TPSA) is 80.6 Å². The molecule has 1 saturated heterocycles. The van der Waals surface area contributed by atoms with Crippen LogP contribution in [0.5, 0.6) is 5.75 Å². The highest BCUT2D eigenvalue weighted by Crippen LogP contribution is 2.28. The summed E-state index contributed by atoms with van der Waals surface area (Å²) in [7, 11) is 4.50. The summed E-state index contributed by atoms with van der Waals surface area (Å²) in [6.07, 6.45) is 1.60. The lowest BCUT2D eigenvalue weighted by Gasteiger charge is -2.07. The van der Waals surface area contributed by atoms with E-state index < -0.39 is 11.2 Å². The molecule has 0 radical (unpaired) electrons. The van der Waals surface area contributed by atoms with Gasteiger partial charge in [0, 0.05) is 7.05 Å². The molecule has 1 aromatic carbocycles. The highest BCUT2D eigenvalue weighted by molar-refractivity contribution is 8.15. The molecule has 1 fully saturated rings. The van der Waals surface area contributed by atoms with Crippen LogP contribution in [0.1, 0.15) is 12.0 Å². The molecule has 0 aliphatic carbocycles. The van der Waals surface area contributed by atoms with E-state index in [0.29, 0.717) is 5.17 Å². The van der Waals surface area contributed by atoms with Crippen molar-refractivity contribution in [1.82, 2.24) is 4.90 Å². The van der Waals surface area contributed by atoms with Gasteiger partial charge in [0.2, 0.25) is 5.91 Å². The first-order valence-corrected chi connectivity index (χ1v) is 7.69. The summed E-state index contributed by atoms with van der Waals surface area (Å²) in [6, 6.07) is 7.33. The summed E-state index contributed by atoms with van der Waals surface area (Å²) in [5, 5.41) is 7.98. The van der Waals surface area contributed by atoms with E-state index >= 15 is 0 Å². The van der Waals surface area contributed by atoms with E-state index in [1.165, 1.54) is 23.8 Å². The summed E-state index contributed by atoms with van der Waals surface area (Å²) in [5.74, 6) is 0.154. The average Bonchev–Trinajstić information content (AvgIpc) is 2.83. The Morgan fingerprint density at radius 3 is 2.65 bits per heavy atom. The van der Waals surface area contributed by atoms with Crippen LogP contribution < -0.4 is 4.74 Å². The summed E-state index contributed by atoms with van der Waals surface area (Å²) in [4.78, 5) is 24.7. The zero-order valence-electron chi connectivity index (χ0n) is 13.1. The van der Waals surface area contributed by atoms with E-state index in [1.54, 1.807) is 20.4 Å². The third-order valence-corrected chi connectivity index (χ3v) is 4.41. The molecule has 2 rings (SSSR count). The Balaban J connectivity index is 2.02. The second kappa shape index (κ2) is 7.77. The summed E-state index contributed by atoms with van der Waals surface area (Å²) in [5.41, 5.74) is 0.859. The van der Waals surface area contributed by atoms with Crippen molar-refractivity contribution in [2.75, 3.05) is 21.3 Å². The predicted octanol–water partition coefficient (Wildman–Crippen LogP) is 1.52. The highest BCUT2D eigenvalue weighted by atomic mass is 32.2. The van der Waals surface area contributed by atoms with Crippen LogP contribution in [0.15, 0.2) is 34.5 Å². The fraction of sp³-hybridized carbons (Fsp3) is 0.333. The highest BCUT2D eigenvalue weighted by Gasteiger charge is 2.37. The van der Waals surface area contributed by atoms with Crippen molar-refractivity contribution >= 4 is 35.0 Å². The van der Waals surface area contributed by atoms with Gasteiger partial charge in [0.05, 0.1) is 26.9 Å². The number of ether oxygens (including phenoxy) is 2. The second-order valence-electron chi connectivity index (χ2n) is 4.68. The molecule has 0 spiro atoms. The molecular formula is C15H17N3O4S. The third-order valence-electron chi connectivity index (χ3n) is 3.19. The lowest BCUT2D eigenvalue weighted by Crippen LogP contribution is -2.29. The molecule has 1 unspecified atom stereocenters. The van der Waals surface area contributed by atoms with Crippen LogP contribution >= 0.6 is 11.8 Å². The Hall–Kier alpha value is -2.35. The lowest BCUT2D eigenvalue weighted by atomic mass is 10.2. The van der Waals surface area contributed by atoms with Crippen LogP contribution in [0.3, 0.4) is 0 Å². The third kappa shape index (κ3) is 4.32. The number of hydrogen-bond acceptors (Lipinski definition) is 7. The van der Waals surface area contributed by atoms with Crippen molar-refractivity contribution in [2.24, 2.45) is 10.2 Å². The summed E-state index contributed by atoms with van der Waals surface area (Å²) in [6.45, 7) is 0. The monoisotopic (exact) mass is 335 g/mol. The van der Waals surface area contributed by atoms with Crippen LogP contribution in [0.4, 0.5) is 0 Å². The van der Waals surface area contributed by atoms with Crippen LogP contribution in [0, 0.1) is 0 Å². The maximum Gasteiger partial charge on any atom is 0.307 e. The first-order chi connectivity index (χ1) is 11.0. The normalized spacial score (nSPS) is 19.6. The number of benzene rings is 1. The van der Waals surface area contributed by atoms with Crippen molar-refractivity contribution in [3.05, 3.63) is 29.8 Å². The minimum Gasteiger partial charge on any atom is -0.497 e. The molecule has 1 heterocycles. The molecule has 1 aliphatic heterocycles. The number of esters is 1. The van der Waals surface area contributed by atoms with Gasteiger partial charge >= 0.3 is 5.97 Å². The molecule has 1 atom stereocenters. The molecule has 0 bridgehead atoms. The van der Waals surface area contributed by atoms with Crippen molar-refractivity contribution in [3.8, 4) is 5.75 Å². The molecule has 8 heteroatoms. The number of carbonyl (C=O) groups excluding carboxylic acids is 2. The largest absolute Gasteiger partial charge is 0.497 e. The van der Waals surface area contributed by atoms with E-state index in [-0.39, 0.29) is 12.3 Å². The smallest absolute Gasteiger partial charge is 0.307 e. The van der Waals surface area contributed by atoms with Crippen molar-refractivity contribution in [2.45, 2.75) is 11.7 Å². The van der Waals surface area contributed by atoms with E-state index in [0.717, 1.165) is 11.3 Å². The summed E-state index contributed by atoms with van der Waals surface area (Å²) >= 11 is 1.20. The molecule has 122 valence electrons. The zero-order valence-corrected chi connectivity index (χ0v) is 13.9. The number of amides is 1. The Kier molecular flexibility index (Phi) is 5.75. The minimum absolute atomic E-state index is 0.0194. The van der Waals surface area contributed by atoms with Crippen LogP contribution in [-0.2, 0) is 14.3 Å². The molecular weight excluding hydrogens is 318 g/mol. The fourth-order valence-corrected chi connectivity index (χ4v) is 2.93. The Morgan fingerprint density at radius 1 is 1.35 bits per heavy atom. The van der Waals surface area contributed by atoms with Gasteiger partial charge in [0.25, 0.3) is 0 Å². The number of carbonyl (C=O) groups is 2. The molecule has 1 amide bonds. The standard InChI is InChI=1S/C15H17N3O4S/c1-18-14(20)12(8-13(19)22-3)23-15(18)17-16-9-10-4-6-11(21-2)7-5-10/h4-7,9,12H,8H2,1-3H3/b16-9+,17-15+. The van der Waals surface area contributed by atoms with Gasteiger partial charge in [-0.3, -0.25) is 14.5 Å². The van der Waals surface area contributed by atoms with Gasteiger partial charge in [0.1, 0.15) is 11.0 Å². The fourth-order valence-electron chi connectivity index (χ4n) is 1.86. The number of thioether (sulfide) groups is 1. The predicted molar refractivity (Wildman–Crippen MR) is 88.8 cm³/mol.